The molecule has 4 aromatic rings. The number of carbonyl (C=O) groups is 1. The van der Waals surface area contributed by atoms with Crippen LogP contribution in [0.4, 0.5) is 5.69 Å². The third-order valence-corrected chi connectivity index (χ3v) is 4.95. The Morgan fingerprint density at radius 1 is 1.10 bits per heavy atom. The molecule has 2 heterocycles. The van der Waals surface area contributed by atoms with Gasteiger partial charge >= 0.3 is 5.91 Å². The van der Waals surface area contributed by atoms with Crippen LogP contribution in [0.3, 0.4) is 0 Å². The summed E-state index contributed by atoms with van der Waals surface area (Å²) in [6.45, 7) is 6.55. The zero-order chi connectivity index (χ0) is 21.3. The predicted molar refractivity (Wildman–Crippen MR) is 115 cm³/mol. The van der Waals surface area contributed by atoms with Crippen molar-refractivity contribution in [3.63, 3.8) is 0 Å². The molecular weight excluding hydrogens is 378 g/mol. The second-order valence-electron chi connectivity index (χ2n) is 8.18. The van der Waals surface area contributed by atoms with Gasteiger partial charge in [-0.1, -0.05) is 69.3 Å². The van der Waals surface area contributed by atoms with Crippen LogP contribution in [0.5, 0.6) is 5.88 Å². The quantitative estimate of drug-likeness (QED) is 0.452. The van der Waals surface area contributed by atoms with E-state index in [9.17, 15) is 9.90 Å². The van der Waals surface area contributed by atoms with Gasteiger partial charge in [-0.25, -0.2) is 0 Å². The van der Waals surface area contributed by atoms with Crippen LogP contribution in [0.25, 0.3) is 10.9 Å². The summed E-state index contributed by atoms with van der Waals surface area (Å²) in [5.41, 5.74) is 2.99. The normalized spacial score (nSPS) is 12.1. The maximum Gasteiger partial charge on any atom is 0.315 e. The molecule has 0 fully saturated rings. The van der Waals surface area contributed by atoms with Gasteiger partial charge in [-0.05, 0) is 17.7 Å². The Morgan fingerprint density at radius 3 is 2.50 bits per heavy atom. The van der Waals surface area contributed by atoms with Gasteiger partial charge in [0.2, 0.25) is 5.88 Å². The van der Waals surface area contributed by atoms with Gasteiger partial charge in [-0.15, -0.1) is 10.2 Å². The maximum atomic E-state index is 12.5. The van der Waals surface area contributed by atoms with Crippen molar-refractivity contribution >= 4 is 22.5 Å². The second-order valence-corrected chi connectivity index (χ2v) is 8.18. The molecule has 0 unspecified atom stereocenters. The largest absolute Gasteiger partial charge is 0.493 e. The lowest BCUT2D eigenvalue weighted by Crippen LogP contribution is -2.11. The van der Waals surface area contributed by atoms with Gasteiger partial charge < -0.3 is 9.67 Å². The molecule has 2 aromatic carbocycles. The van der Waals surface area contributed by atoms with Gasteiger partial charge in [-0.2, -0.15) is 5.10 Å². The summed E-state index contributed by atoms with van der Waals surface area (Å²) >= 11 is 0. The molecule has 0 aliphatic rings. The zero-order valence-corrected chi connectivity index (χ0v) is 17.1. The van der Waals surface area contributed by atoms with Gasteiger partial charge in [0, 0.05) is 16.5 Å². The van der Waals surface area contributed by atoms with Crippen LogP contribution in [0.15, 0.2) is 70.9 Å². The molecule has 0 aliphatic carbocycles. The van der Waals surface area contributed by atoms with E-state index >= 15 is 0 Å². The van der Waals surface area contributed by atoms with Crippen molar-refractivity contribution < 1.29 is 9.90 Å². The van der Waals surface area contributed by atoms with Crippen molar-refractivity contribution in [2.45, 2.75) is 32.7 Å². The maximum absolute atomic E-state index is 12.5. The summed E-state index contributed by atoms with van der Waals surface area (Å²) < 4.78 is 1.76. The van der Waals surface area contributed by atoms with Gasteiger partial charge in [-0.3, -0.25) is 9.89 Å². The smallest absolute Gasteiger partial charge is 0.315 e. The van der Waals surface area contributed by atoms with Gasteiger partial charge in [0.25, 0.3) is 0 Å². The molecule has 4 rings (SSSR count). The van der Waals surface area contributed by atoms with Gasteiger partial charge in [0.05, 0.1) is 12.1 Å². The van der Waals surface area contributed by atoms with E-state index in [4.69, 9.17) is 0 Å². The average molecular weight is 401 g/mol. The fraction of sp³-hybridized carbons (Fsp3) is 0.217. The second kappa shape index (κ2) is 7.59. The number of benzene rings is 2. The Bertz CT molecular complexity index is 1230. The fourth-order valence-electron chi connectivity index (χ4n) is 3.26. The van der Waals surface area contributed by atoms with Gasteiger partial charge in [0.1, 0.15) is 0 Å². The molecule has 7 heteroatoms. The molecule has 30 heavy (non-hydrogen) atoms. The summed E-state index contributed by atoms with van der Waals surface area (Å²) in [7, 11) is 0. The minimum Gasteiger partial charge on any atom is -0.493 e. The highest BCUT2D eigenvalue weighted by molar-refractivity contribution is 5.96. The predicted octanol–water partition coefficient (Wildman–Crippen LogP) is 5.34. The van der Waals surface area contributed by atoms with E-state index in [0.717, 1.165) is 22.2 Å². The summed E-state index contributed by atoms with van der Waals surface area (Å²) in [4.78, 5) is 12.5. The number of aromatic nitrogens is 3. The van der Waals surface area contributed by atoms with Crippen LogP contribution in [0, 0.1) is 0 Å². The average Bonchev–Trinajstić information content (AvgIpc) is 3.32. The van der Waals surface area contributed by atoms with Crippen molar-refractivity contribution in [3.8, 4) is 5.88 Å². The number of H-pyrrole nitrogens is 1. The summed E-state index contributed by atoms with van der Waals surface area (Å²) in [5, 5.41) is 26.4. The number of amides is 1. The number of hydrogen-bond donors (Lipinski definition) is 2. The number of aromatic hydroxyl groups is 1. The lowest BCUT2D eigenvalue weighted by molar-refractivity contribution is 0.0990. The first-order valence-corrected chi connectivity index (χ1v) is 9.70. The highest BCUT2D eigenvalue weighted by Crippen LogP contribution is 2.39. The van der Waals surface area contributed by atoms with Crippen LogP contribution in [0.1, 0.15) is 42.5 Å². The number of carbonyl (C=O) groups excluding carboxylic acids is 1. The highest BCUT2D eigenvalue weighted by Gasteiger charge is 2.20. The molecule has 0 atom stereocenters. The minimum absolute atomic E-state index is 0.0333. The van der Waals surface area contributed by atoms with E-state index in [1.807, 2.05) is 75.4 Å². The molecule has 152 valence electrons. The first kappa shape index (κ1) is 19.6. The Morgan fingerprint density at radius 2 is 1.80 bits per heavy atom. The van der Waals surface area contributed by atoms with E-state index in [0.29, 0.717) is 6.54 Å². The Labute approximate surface area is 174 Å². The van der Waals surface area contributed by atoms with Crippen LogP contribution in [-0.4, -0.2) is 25.8 Å². The molecule has 1 amide bonds. The number of nitrogens with one attached hydrogen (secondary N) is 1. The van der Waals surface area contributed by atoms with E-state index in [1.165, 1.54) is 0 Å². The number of rotatable bonds is 4. The number of fused-ring (bicyclic) bond motifs is 1. The van der Waals surface area contributed by atoms with E-state index < -0.39 is 5.91 Å². The summed E-state index contributed by atoms with van der Waals surface area (Å²) in [6, 6.07) is 19.0. The van der Waals surface area contributed by atoms with Crippen LogP contribution in [-0.2, 0) is 12.0 Å². The minimum atomic E-state index is -0.568. The van der Waals surface area contributed by atoms with Crippen LogP contribution >= 0.6 is 0 Å². The lowest BCUT2D eigenvalue weighted by Gasteiger charge is -2.14. The molecule has 2 N–H and O–H groups in total. The fourth-order valence-corrected chi connectivity index (χ4v) is 3.26. The SMILES string of the molecule is CC(C)(C)c1cc(C(=O)N=Nc2c(O)n(Cc3ccccc3)c3ccccc23)n[nH]1. The van der Waals surface area contributed by atoms with E-state index in [-0.39, 0.29) is 22.7 Å². The van der Waals surface area contributed by atoms with Crippen molar-refractivity contribution in [2.24, 2.45) is 10.2 Å². The summed E-state index contributed by atoms with van der Waals surface area (Å²) in [5.74, 6) is -0.602. The first-order valence-electron chi connectivity index (χ1n) is 9.70. The first-order chi connectivity index (χ1) is 14.3. The van der Waals surface area contributed by atoms with Crippen LogP contribution < -0.4 is 0 Å². The molecule has 7 nitrogen and oxygen atoms in total. The molecule has 0 radical (unpaired) electrons. The Balaban J connectivity index is 1.68. The van der Waals surface area contributed by atoms with Crippen molar-refractivity contribution in [3.05, 3.63) is 77.6 Å². The third kappa shape index (κ3) is 3.74. The van der Waals surface area contributed by atoms with Crippen molar-refractivity contribution in [1.82, 2.24) is 14.8 Å². The number of aromatic amines is 1. The molecule has 0 bridgehead atoms. The molecule has 2 aromatic heterocycles. The number of nitrogens with zero attached hydrogens (tertiary/aromatic N) is 4. The Kier molecular flexibility index (Phi) is 4.95. The van der Waals surface area contributed by atoms with Gasteiger partial charge in [0.15, 0.2) is 11.4 Å². The Hall–Kier alpha value is -3.74. The number of azo groups is 1. The summed E-state index contributed by atoms with van der Waals surface area (Å²) in [6.07, 6.45) is 0. The van der Waals surface area contributed by atoms with Crippen LogP contribution in [0.2, 0.25) is 0 Å². The zero-order valence-electron chi connectivity index (χ0n) is 17.1. The number of hydrogen-bond acceptors (Lipinski definition) is 4. The lowest BCUT2D eigenvalue weighted by atomic mass is 9.92. The van der Waals surface area contributed by atoms with E-state index in [1.54, 1.807) is 10.6 Å². The third-order valence-electron chi connectivity index (χ3n) is 4.95. The highest BCUT2D eigenvalue weighted by atomic mass is 16.3. The molecule has 0 saturated carbocycles. The number of para-hydroxylation sites is 1. The van der Waals surface area contributed by atoms with Crippen molar-refractivity contribution in [1.29, 1.82) is 0 Å². The topological polar surface area (TPSA) is 95.6 Å². The van der Waals surface area contributed by atoms with Crippen molar-refractivity contribution in [2.75, 3.05) is 0 Å². The molecule has 0 aliphatic heterocycles. The molecular formula is C23H23N5O2. The molecule has 0 spiro atoms. The molecule has 0 saturated heterocycles. The van der Waals surface area contributed by atoms with E-state index in [2.05, 4.69) is 20.4 Å². The monoisotopic (exact) mass is 401 g/mol. The standard InChI is InChI=1S/C23H23N5O2/c1-23(2,3)19-13-17(24-25-19)21(29)27-26-20-16-11-7-8-12-18(16)28(22(20)30)14-15-9-5-4-6-10-15/h4-13,30H,14H2,1-3H3,(H,24,25).